The lowest BCUT2D eigenvalue weighted by Gasteiger charge is -2.05. The van der Waals surface area contributed by atoms with E-state index in [1.54, 1.807) is 18.3 Å². The van der Waals surface area contributed by atoms with Crippen molar-refractivity contribution < 1.29 is 4.79 Å². The molecule has 1 amide bonds. The summed E-state index contributed by atoms with van der Waals surface area (Å²) in [6, 6.07) is 15.6. The second kappa shape index (κ2) is 8.60. The molecular formula is C20H21BrN2O. The molecule has 0 atom stereocenters. The van der Waals surface area contributed by atoms with Crippen molar-refractivity contribution in [3.63, 3.8) is 0 Å². The maximum Gasteiger partial charge on any atom is 0.271 e. The molecule has 0 bridgehead atoms. The fourth-order valence-electron chi connectivity index (χ4n) is 2.16. The standard InChI is InChI=1S/C20H21BrN2O/c1-14(2)17-9-7-16(8-10-17)11-15(3)13-22-23-20(24)18-5-4-6-19(21)12-18/h4-14H,1-3H3,(H,23,24)/b15-11-,22-13+. The van der Waals surface area contributed by atoms with E-state index in [1.807, 2.05) is 25.1 Å². The van der Waals surface area contributed by atoms with Crippen LogP contribution in [0.3, 0.4) is 0 Å². The Morgan fingerprint density at radius 3 is 2.50 bits per heavy atom. The molecule has 2 aromatic carbocycles. The average molecular weight is 385 g/mol. The minimum Gasteiger partial charge on any atom is -0.267 e. The van der Waals surface area contributed by atoms with Crippen LogP contribution in [0, 0.1) is 0 Å². The molecule has 2 rings (SSSR count). The number of hydrogen-bond donors (Lipinski definition) is 1. The molecule has 0 saturated carbocycles. The van der Waals surface area contributed by atoms with Crippen molar-refractivity contribution in [3.05, 3.63) is 75.3 Å². The number of amides is 1. The Bertz CT molecular complexity index is 761. The third-order valence-electron chi connectivity index (χ3n) is 3.52. The van der Waals surface area contributed by atoms with Gasteiger partial charge < -0.3 is 0 Å². The second-order valence-electron chi connectivity index (χ2n) is 5.92. The van der Waals surface area contributed by atoms with Gasteiger partial charge in [0.1, 0.15) is 0 Å². The maximum atomic E-state index is 12.0. The minimum atomic E-state index is -0.235. The molecular weight excluding hydrogens is 364 g/mol. The predicted molar refractivity (Wildman–Crippen MR) is 104 cm³/mol. The minimum absolute atomic E-state index is 0.235. The number of hydrogen-bond acceptors (Lipinski definition) is 2. The van der Waals surface area contributed by atoms with Crippen molar-refractivity contribution in [2.45, 2.75) is 26.7 Å². The van der Waals surface area contributed by atoms with E-state index in [-0.39, 0.29) is 5.91 Å². The number of hydrazone groups is 1. The fraction of sp³-hybridized carbons (Fsp3) is 0.200. The summed E-state index contributed by atoms with van der Waals surface area (Å²) in [6.07, 6.45) is 3.67. The molecule has 24 heavy (non-hydrogen) atoms. The fourth-order valence-corrected chi connectivity index (χ4v) is 2.56. The van der Waals surface area contributed by atoms with Crippen LogP contribution in [-0.4, -0.2) is 12.1 Å². The topological polar surface area (TPSA) is 41.5 Å². The Hall–Kier alpha value is -2.20. The number of nitrogens with zero attached hydrogens (tertiary/aromatic N) is 1. The predicted octanol–water partition coefficient (Wildman–Crippen LogP) is 5.39. The zero-order valence-electron chi connectivity index (χ0n) is 14.1. The number of rotatable bonds is 5. The molecule has 0 aromatic heterocycles. The van der Waals surface area contributed by atoms with E-state index in [0.717, 1.165) is 15.6 Å². The monoisotopic (exact) mass is 384 g/mol. The molecule has 0 fully saturated rings. The summed E-state index contributed by atoms with van der Waals surface area (Å²) >= 11 is 3.35. The van der Waals surface area contributed by atoms with Gasteiger partial charge in [0.15, 0.2) is 0 Å². The van der Waals surface area contributed by atoms with Crippen molar-refractivity contribution in [2.75, 3.05) is 0 Å². The Labute approximate surface area is 151 Å². The van der Waals surface area contributed by atoms with Gasteiger partial charge in [-0.2, -0.15) is 5.10 Å². The molecule has 0 spiro atoms. The van der Waals surface area contributed by atoms with Crippen molar-refractivity contribution in [1.82, 2.24) is 5.43 Å². The highest BCUT2D eigenvalue weighted by Crippen LogP contribution is 2.16. The highest BCUT2D eigenvalue weighted by atomic mass is 79.9. The van der Waals surface area contributed by atoms with E-state index in [4.69, 9.17) is 0 Å². The van der Waals surface area contributed by atoms with Crippen LogP contribution in [0.25, 0.3) is 6.08 Å². The van der Waals surface area contributed by atoms with Crippen LogP contribution < -0.4 is 5.43 Å². The summed E-state index contributed by atoms with van der Waals surface area (Å²) in [5, 5.41) is 4.01. The van der Waals surface area contributed by atoms with Crippen molar-refractivity contribution in [2.24, 2.45) is 5.10 Å². The Kier molecular flexibility index (Phi) is 6.50. The first-order valence-corrected chi connectivity index (χ1v) is 8.62. The maximum absolute atomic E-state index is 12.0. The third kappa shape index (κ3) is 5.46. The van der Waals surface area contributed by atoms with E-state index >= 15 is 0 Å². The van der Waals surface area contributed by atoms with Crippen molar-refractivity contribution in [3.8, 4) is 0 Å². The molecule has 3 nitrogen and oxygen atoms in total. The zero-order valence-corrected chi connectivity index (χ0v) is 15.7. The lowest BCUT2D eigenvalue weighted by molar-refractivity contribution is 0.0955. The molecule has 0 aliphatic rings. The summed E-state index contributed by atoms with van der Waals surface area (Å²) < 4.78 is 0.861. The number of carbonyl (C=O) groups is 1. The molecule has 0 radical (unpaired) electrons. The van der Waals surface area contributed by atoms with Crippen LogP contribution in [0.4, 0.5) is 0 Å². The lowest BCUT2D eigenvalue weighted by Crippen LogP contribution is -2.17. The van der Waals surface area contributed by atoms with Gasteiger partial charge in [0.2, 0.25) is 0 Å². The van der Waals surface area contributed by atoms with Gasteiger partial charge >= 0.3 is 0 Å². The van der Waals surface area contributed by atoms with Crippen molar-refractivity contribution >= 4 is 34.1 Å². The molecule has 0 aliphatic carbocycles. The van der Waals surface area contributed by atoms with Gasteiger partial charge in [0.25, 0.3) is 5.91 Å². The van der Waals surface area contributed by atoms with Crippen LogP contribution in [0.15, 0.2) is 63.7 Å². The van der Waals surface area contributed by atoms with E-state index in [2.05, 4.69) is 64.6 Å². The van der Waals surface area contributed by atoms with Gasteiger partial charge in [-0.25, -0.2) is 5.43 Å². The first kappa shape index (κ1) is 18.1. The molecule has 0 saturated heterocycles. The molecule has 1 N–H and O–H groups in total. The molecule has 0 unspecified atom stereocenters. The quantitative estimate of drug-likeness (QED) is 0.544. The average Bonchev–Trinajstić information content (AvgIpc) is 2.55. The Balaban J connectivity index is 1.96. The van der Waals surface area contributed by atoms with Crippen LogP contribution in [0.5, 0.6) is 0 Å². The Morgan fingerprint density at radius 1 is 1.17 bits per heavy atom. The van der Waals surface area contributed by atoms with Crippen molar-refractivity contribution in [1.29, 1.82) is 0 Å². The largest absolute Gasteiger partial charge is 0.271 e. The van der Waals surface area contributed by atoms with E-state index < -0.39 is 0 Å². The molecule has 0 heterocycles. The molecule has 124 valence electrons. The number of allylic oxidation sites excluding steroid dienone is 1. The normalized spacial score (nSPS) is 12.0. The highest BCUT2D eigenvalue weighted by Gasteiger charge is 2.03. The van der Waals surface area contributed by atoms with Gasteiger partial charge in [-0.3, -0.25) is 4.79 Å². The van der Waals surface area contributed by atoms with Crippen LogP contribution in [0.2, 0.25) is 0 Å². The Morgan fingerprint density at radius 2 is 1.88 bits per heavy atom. The van der Waals surface area contributed by atoms with Gasteiger partial charge in [-0.15, -0.1) is 0 Å². The van der Waals surface area contributed by atoms with Gasteiger partial charge in [0, 0.05) is 10.0 Å². The summed E-state index contributed by atoms with van der Waals surface area (Å²) in [6.45, 7) is 6.30. The first-order valence-electron chi connectivity index (χ1n) is 7.83. The first-order chi connectivity index (χ1) is 11.5. The van der Waals surface area contributed by atoms with Gasteiger partial charge in [-0.05, 0) is 47.7 Å². The molecule has 4 heteroatoms. The summed E-state index contributed by atoms with van der Waals surface area (Å²) in [5.41, 5.74) is 6.49. The van der Waals surface area contributed by atoms with E-state index in [9.17, 15) is 4.79 Å². The summed E-state index contributed by atoms with van der Waals surface area (Å²) in [4.78, 5) is 12.0. The summed E-state index contributed by atoms with van der Waals surface area (Å²) in [5.74, 6) is 0.292. The number of nitrogens with one attached hydrogen (secondary N) is 1. The number of benzene rings is 2. The second-order valence-corrected chi connectivity index (χ2v) is 6.83. The number of halogens is 1. The summed E-state index contributed by atoms with van der Waals surface area (Å²) in [7, 11) is 0. The smallest absolute Gasteiger partial charge is 0.267 e. The van der Waals surface area contributed by atoms with Gasteiger partial charge in [-0.1, -0.05) is 66.2 Å². The zero-order chi connectivity index (χ0) is 17.5. The SMILES string of the molecule is CC(=C/c1ccc(C(C)C)cc1)/C=N/NC(=O)c1cccc(Br)c1. The van der Waals surface area contributed by atoms with E-state index in [0.29, 0.717) is 11.5 Å². The molecule has 0 aliphatic heterocycles. The molecule has 2 aromatic rings. The van der Waals surface area contributed by atoms with Crippen LogP contribution in [-0.2, 0) is 0 Å². The third-order valence-corrected chi connectivity index (χ3v) is 4.01. The van der Waals surface area contributed by atoms with Crippen LogP contribution in [0.1, 0.15) is 48.2 Å². The van der Waals surface area contributed by atoms with E-state index in [1.165, 1.54) is 5.56 Å². The lowest BCUT2D eigenvalue weighted by atomic mass is 10.0. The number of carbonyl (C=O) groups excluding carboxylic acids is 1. The van der Waals surface area contributed by atoms with Gasteiger partial charge in [0.05, 0.1) is 6.21 Å². The highest BCUT2D eigenvalue weighted by molar-refractivity contribution is 9.10. The van der Waals surface area contributed by atoms with Crippen LogP contribution >= 0.6 is 15.9 Å².